The number of halogens is 7. The quantitative estimate of drug-likeness (QED) is 0.363. The number of likely N-dealkylation sites (tertiary alicyclic amines) is 1. The fourth-order valence-corrected chi connectivity index (χ4v) is 5.38. The molecule has 0 spiro atoms. The monoisotopic (exact) mass is 624 g/mol. The summed E-state index contributed by atoms with van der Waals surface area (Å²) in [7, 11) is 1.27. The number of primary amides is 1. The standard InChI is InChI=1S/C30H27F7N4O3/c1-16-9-21(31)4-5-22(16)24-15-41(28(44)25-6-3-18(13-39-25)26(38)42)8-7-23(24)27(43)40(2)14-17-10-19(29(32,33)34)12-20(11-17)30(35,36)37/h3-6,9-13,23-24H,7-8,14-15H2,1-2H3,(H2,38,42). The van der Waals surface area contributed by atoms with Crippen molar-refractivity contribution in [1.29, 1.82) is 0 Å². The number of amides is 3. The number of nitrogens with two attached hydrogens (primary N) is 1. The van der Waals surface area contributed by atoms with Gasteiger partial charge in [0.25, 0.3) is 5.91 Å². The number of alkyl halides is 6. The van der Waals surface area contributed by atoms with Crippen molar-refractivity contribution in [2.45, 2.75) is 38.2 Å². The van der Waals surface area contributed by atoms with E-state index < -0.39 is 65.4 Å². The zero-order valence-corrected chi connectivity index (χ0v) is 23.5. The van der Waals surface area contributed by atoms with Gasteiger partial charge in [-0.25, -0.2) is 4.39 Å². The number of aromatic nitrogens is 1. The van der Waals surface area contributed by atoms with Crippen LogP contribution in [0.15, 0.2) is 54.7 Å². The molecule has 0 saturated carbocycles. The predicted molar refractivity (Wildman–Crippen MR) is 144 cm³/mol. The molecule has 4 rings (SSSR count). The predicted octanol–water partition coefficient (Wildman–Crippen LogP) is 5.57. The molecule has 14 heteroatoms. The van der Waals surface area contributed by atoms with Crippen LogP contribution in [-0.4, -0.2) is 52.6 Å². The first-order valence-corrected chi connectivity index (χ1v) is 13.3. The molecule has 2 atom stereocenters. The van der Waals surface area contributed by atoms with Gasteiger partial charge in [0.1, 0.15) is 11.5 Å². The van der Waals surface area contributed by atoms with E-state index in [-0.39, 0.29) is 42.4 Å². The molecule has 1 aliphatic heterocycles. The zero-order chi connectivity index (χ0) is 32.6. The van der Waals surface area contributed by atoms with E-state index in [1.807, 2.05) is 0 Å². The maximum Gasteiger partial charge on any atom is 0.416 e. The molecule has 3 aromatic rings. The van der Waals surface area contributed by atoms with E-state index in [0.29, 0.717) is 23.3 Å². The molecule has 3 amide bonds. The lowest BCUT2D eigenvalue weighted by Gasteiger charge is -2.40. The number of pyridine rings is 1. The van der Waals surface area contributed by atoms with Crippen LogP contribution < -0.4 is 5.73 Å². The van der Waals surface area contributed by atoms with Crippen LogP contribution in [0.1, 0.15) is 61.0 Å². The highest BCUT2D eigenvalue weighted by atomic mass is 19.4. The molecule has 234 valence electrons. The zero-order valence-electron chi connectivity index (χ0n) is 23.5. The Labute approximate surface area is 247 Å². The van der Waals surface area contributed by atoms with Gasteiger partial charge in [0.2, 0.25) is 11.8 Å². The molecule has 1 saturated heterocycles. The summed E-state index contributed by atoms with van der Waals surface area (Å²) in [6, 6.07) is 7.75. The molecule has 1 aliphatic rings. The molecule has 7 nitrogen and oxygen atoms in total. The van der Waals surface area contributed by atoms with Gasteiger partial charge < -0.3 is 15.5 Å². The number of carbonyl (C=O) groups excluding carboxylic acids is 3. The van der Waals surface area contributed by atoms with E-state index in [1.165, 1.54) is 42.3 Å². The van der Waals surface area contributed by atoms with Crippen LogP contribution >= 0.6 is 0 Å². The topological polar surface area (TPSA) is 96.6 Å². The van der Waals surface area contributed by atoms with Crippen molar-refractivity contribution < 1.29 is 45.1 Å². The van der Waals surface area contributed by atoms with Gasteiger partial charge in [0, 0.05) is 44.7 Å². The van der Waals surface area contributed by atoms with E-state index in [4.69, 9.17) is 5.73 Å². The van der Waals surface area contributed by atoms with Gasteiger partial charge in [0.15, 0.2) is 0 Å². The number of piperidine rings is 1. The summed E-state index contributed by atoms with van der Waals surface area (Å²) in [4.78, 5) is 44.8. The van der Waals surface area contributed by atoms with Crippen molar-refractivity contribution >= 4 is 17.7 Å². The third-order valence-corrected chi connectivity index (χ3v) is 7.56. The van der Waals surface area contributed by atoms with E-state index in [1.54, 1.807) is 6.92 Å². The smallest absolute Gasteiger partial charge is 0.366 e. The Balaban J connectivity index is 1.63. The Bertz CT molecular complexity index is 1540. The van der Waals surface area contributed by atoms with Gasteiger partial charge in [-0.1, -0.05) is 6.07 Å². The lowest BCUT2D eigenvalue weighted by molar-refractivity contribution is -0.143. The van der Waals surface area contributed by atoms with Gasteiger partial charge in [-0.3, -0.25) is 19.4 Å². The largest absolute Gasteiger partial charge is 0.416 e. The summed E-state index contributed by atoms with van der Waals surface area (Å²) in [5, 5.41) is 0. The molecule has 2 unspecified atom stereocenters. The van der Waals surface area contributed by atoms with Crippen molar-refractivity contribution in [2.24, 2.45) is 11.7 Å². The molecule has 1 fully saturated rings. The molecule has 44 heavy (non-hydrogen) atoms. The number of hydrogen-bond donors (Lipinski definition) is 1. The Morgan fingerprint density at radius 2 is 1.61 bits per heavy atom. The Morgan fingerprint density at radius 3 is 2.14 bits per heavy atom. The minimum Gasteiger partial charge on any atom is -0.366 e. The average molecular weight is 625 g/mol. The molecule has 0 radical (unpaired) electrons. The first-order chi connectivity index (χ1) is 20.5. The van der Waals surface area contributed by atoms with Crippen LogP contribution in [0.3, 0.4) is 0 Å². The van der Waals surface area contributed by atoms with E-state index in [9.17, 15) is 45.1 Å². The van der Waals surface area contributed by atoms with Crippen molar-refractivity contribution in [1.82, 2.24) is 14.8 Å². The molecule has 0 bridgehead atoms. The minimum atomic E-state index is -5.04. The fourth-order valence-electron chi connectivity index (χ4n) is 5.38. The molecule has 2 heterocycles. The second kappa shape index (κ2) is 12.2. The number of hydrogen-bond acceptors (Lipinski definition) is 4. The normalized spacial score (nSPS) is 17.3. The van der Waals surface area contributed by atoms with Crippen LogP contribution in [0.5, 0.6) is 0 Å². The second-order valence-corrected chi connectivity index (χ2v) is 10.7. The van der Waals surface area contributed by atoms with Crippen molar-refractivity contribution in [2.75, 3.05) is 20.1 Å². The number of benzene rings is 2. The highest BCUT2D eigenvalue weighted by molar-refractivity contribution is 5.95. The molecule has 2 aromatic carbocycles. The minimum absolute atomic E-state index is 0.0106. The van der Waals surface area contributed by atoms with E-state index >= 15 is 0 Å². The number of nitrogens with zero attached hydrogens (tertiary/aromatic N) is 3. The first kappa shape index (κ1) is 32.4. The Hall–Kier alpha value is -4.49. The van der Waals surface area contributed by atoms with Crippen LogP contribution in [0.25, 0.3) is 0 Å². The SMILES string of the molecule is Cc1cc(F)ccc1C1CN(C(=O)c2ccc(C(N)=O)cn2)CCC1C(=O)N(C)Cc1cc(C(F)(F)F)cc(C(F)(F)F)c1. The van der Waals surface area contributed by atoms with Crippen molar-refractivity contribution in [3.63, 3.8) is 0 Å². The van der Waals surface area contributed by atoms with Gasteiger partial charge in [-0.2, -0.15) is 26.3 Å². The summed E-state index contributed by atoms with van der Waals surface area (Å²) >= 11 is 0. The lowest BCUT2D eigenvalue weighted by atomic mass is 9.78. The highest BCUT2D eigenvalue weighted by Gasteiger charge is 2.40. The third-order valence-electron chi connectivity index (χ3n) is 7.56. The van der Waals surface area contributed by atoms with Crippen LogP contribution in [0.2, 0.25) is 0 Å². The van der Waals surface area contributed by atoms with Crippen LogP contribution in [-0.2, 0) is 23.7 Å². The van der Waals surface area contributed by atoms with E-state index in [2.05, 4.69) is 4.98 Å². The third kappa shape index (κ3) is 7.17. The van der Waals surface area contributed by atoms with Crippen LogP contribution in [0.4, 0.5) is 30.7 Å². The lowest BCUT2D eigenvalue weighted by Crippen LogP contribution is -2.48. The number of carbonyl (C=O) groups is 3. The van der Waals surface area contributed by atoms with Crippen molar-refractivity contribution in [3.05, 3.63) is 99.6 Å². The Kier molecular flexibility index (Phi) is 9.03. The summed E-state index contributed by atoms with van der Waals surface area (Å²) < 4.78 is 94.2. The second-order valence-electron chi connectivity index (χ2n) is 10.7. The van der Waals surface area contributed by atoms with Gasteiger partial charge >= 0.3 is 12.4 Å². The maximum absolute atomic E-state index is 13.9. The van der Waals surface area contributed by atoms with Crippen molar-refractivity contribution in [3.8, 4) is 0 Å². The summed E-state index contributed by atoms with van der Waals surface area (Å²) in [5.74, 6) is -3.87. The van der Waals surface area contributed by atoms with Gasteiger partial charge in [0.05, 0.1) is 16.7 Å². The fraction of sp³-hybridized carbons (Fsp3) is 0.333. The molecule has 2 N–H and O–H groups in total. The first-order valence-electron chi connectivity index (χ1n) is 13.3. The van der Waals surface area contributed by atoms with Gasteiger partial charge in [-0.05, 0) is 72.5 Å². The van der Waals surface area contributed by atoms with Gasteiger partial charge in [-0.15, -0.1) is 0 Å². The summed E-state index contributed by atoms with van der Waals surface area (Å²) in [6.07, 6.45) is -8.84. The van der Waals surface area contributed by atoms with Crippen LogP contribution in [0, 0.1) is 18.7 Å². The molecular weight excluding hydrogens is 597 g/mol. The highest BCUT2D eigenvalue weighted by Crippen LogP contribution is 2.38. The average Bonchev–Trinajstić information content (AvgIpc) is 2.95. The maximum atomic E-state index is 13.9. The molecular formula is C30H27F7N4O3. The number of aryl methyl sites for hydroxylation is 1. The molecule has 0 aliphatic carbocycles. The molecule has 1 aromatic heterocycles. The Morgan fingerprint density at radius 1 is 0.977 bits per heavy atom. The van der Waals surface area contributed by atoms with E-state index in [0.717, 1.165) is 11.1 Å². The number of rotatable bonds is 6. The summed E-state index contributed by atoms with van der Waals surface area (Å²) in [6.45, 7) is 1.13. The summed E-state index contributed by atoms with van der Waals surface area (Å²) in [5.41, 5.74) is 3.01.